The molecule has 10 heteroatoms. The molecule has 0 amide bonds. The number of rotatable bonds is 19. The molecule has 0 radical (unpaired) electrons. The van der Waals surface area contributed by atoms with Crippen molar-refractivity contribution < 1.29 is 42.6 Å². The van der Waals surface area contributed by atoms with Crippen LogP contribution in [0.25, 0.3) is 0 Å². The predicted molar refractivity (Wildman–Crippen MR) is 156 cm³/mol. The molecule has 0 saturated carbocycles. The third kappa shape index (κ3) is 21.0. The van der Waals surface area contributed by atoms with E-state index in [4.69, 9.17) is 42.6 Å². The zero-order valence-corrected chi connectivity index (χ0v) is 28.7. The quantitative estimate of drug-likeness (QED) is 0.0879. The molecule has 9 nitrogen and oxygen atoms in total. The molecule has 0 bridgehead atoms. The van der Waals surface area contributed by atoms with Gasteiger partial charge in [0.25, 0.3) is 0 Å². The van der Waals surface area contributed by atoms with Crippen LogP contribution in [0.3, 0.4) is 0 Å². The highest BCUT2D eigenvalue weighted by Gasteiger charge is 2.40. The molecule has 0 unspecified atom stereocenters. The lowest BCUT2D eigenvalue weighted by Gasteiger charge is -2.33. The third-order valence-corrected chi connectivity index (χ3v) is 7.14. The Balaban J connectivity index is 5.31. The molecule has 0 saturated heterocycles. The first-order valence-corrected chi connectivity index (χ1v) is 15.8. The minimum Gasteiger partial charge on any atom is -0.370 e. The van der Waals surface area contributed by atoms with Gasteiger partial charge in [0.2, 0.25) is 0 Å². The number of hydrogen-bond donors (Lipinski definition) is 0. The summed E-state index contributed by atoms with van der Waals surface area (Å²) in [5.74, 6) is 0. The van der Waals surface area contributed by atoms with Crippen molar-refractivity contribution in [3.8, 4) is 0 Å². The highest BCUT2D eigenvalue weighted by atomic mass is 28.4. The second kappa shape index (κ2) is 15.2. The zero-order chi connectivity index (χ0) is 30.8. The molecule has 0 aliphatic rings. The van der Waals surface area contributed by atoms with Gasteiger partial charge in [-0.15, -0.1) is 0 Å². The summed E-state index contributed by atoms with van der Waals surface area (Å²) in [5, 5.41) is 0. The van der Waals surface area contributed by atoms with Crippen LogP contribution in [0.15, 0.2) is 12.3 Å². The van der Waals surface area contributed by atoms with Gasteiger partial charge >= 0.3 is 8.80 Å². The fraction of sp³-hybridized carbons (Fsp3) is 0.931. The Bertz CT molecular complexity index is 613. The maximum absolute atomic E-state index is 6.30. The highest BCUT2D eigenvalue weighted by molar-refractivity contribution is 6.66. The molecule has 0 N–H and O–H groups in total. The van der Waals surface area contributed by atoms with E-state index in [1.54, 1.807) is 5.70 Å². The maximum Gasteiger partial charge on any atom is 0.529 e. The Labute approximate surface area is 240 Å². The minimum atomic E-state index is -3.27. The van der Waals surface area contributed by atoms with Crippen LogP contribution in [0.2, 0.25) is 0 Å². The lowest BCUT2D eigenvalue weighted by molar-refractivity contribution is -0.399. The first kappa shape index (κ1) is 38.6. The zero-order valence-electron chi connectivity index (χ0n) is 27.7. The van der Waals surface area contributed by atoms with E-state index in [0.29, 0.717) is 39.1 Å². The lowest BCUT2D eigenvalue weighted by atomic mass is 10.1. The summed E-state index contributed by atoms with van der Waals surface area (Å²) >= 11 is 0. The normalized spacial score (nSPS) is 14.6. The van der Waals surface area contributed by atoms with Crippen LogP contribution in [0.1, 0.15) is 123 Å². The fourth-order valence-corrected chi connectivity index (χ4v) is 4.22. The van der Waals surface area contributed by atoms with Crippen molar-refractivity contribution >= 4 is 8.80 Å². The molecule has 0 aromatic rings. The van der Waals surface area contributed by atoms with Crippen LogP contribution < -0.4 is 0 Å². The lowest BCUT2D eigenvalue weighted by Crippen LogP contribution is -2.47. The summed E-state index contributed by atoms with van der Waals surface area (Å²) in [6, 6.07) is 0. The summed E-state index contributed by atoms with van der Waals surface area (Å²) in [5.41, 5.74) is -1.31. The van der Waals surface area contributed by atoms with Crippen LogP contribution in [-0.4, -0.2) is 62.2 Å². The van der Waals surface area contributed by atoms with Gasteiger partial charge in [-0.05, 0) is 110 Å². The van der Waals surface area contributed by atoms with Gasteiger partial charge < -0.3 is 13.3 Å². The van der Waals surface area contributed by atoms with Crippen molar-refractivity contribution in [1.82, 2.24) is 0 Å². The van der Waals surface area contributed by atoms with Gasteiger partial charge in [-0.2, -0.15) is 0 Å². The second-order valence-corrected chi connectivity index (χ2v) is 17.2. The van der Waals surface area contributed by atoms with E-state index in [1.807, 2.05) is 104 Å². The summed E-state index contributed by atoms with van der Waals surface area (Å²) in [6.07, 6.45) is 1.67. The van der Waals surface area contributed by atoms with Crippen molar-refractivity contribution in [3.05, 3.63) is 12.3 Å². The van der Waals surface area contributed by atoms with Crippen LogP contribution in [0.5, 0.6) is 0 Å². The summed E-state index contributed by atoms with van der Waals surface area (Å²) in [7, 11) is -3.27. The molecule has 0 aliphatic heterocycles. The van der Waals surface area contributed by atoms with E-state index >= 15 is 0 Å². The monoisotopic (exact) mass is 580 g/mol. The smallest absolute Gasteiger partial charge is 0.370 e. The predicted octanol–water partition coefficient (Wildman–Crippen LogP) is 7.45. The average molecular weight is 581 g/mol. The van der Waals surface area contributed by atoms with Gasteiger partial charge in [0.1, 0.15) is 16.8 Å². The second-order valence-electron chi connectivity index (χ2n) is 14.7. The van der Waals surface area contributed by atoms with Gasteiger partial charge in [0.15, 0.2) is 0 Å². The molecular weight excluding hydrogens is 520 g/mol. The van der Waals surface area contributed by atoms with E-state index < -0.39 is 42.4 Å². The molecule has 0 fully saturated rings. The third-order valence-electron chi connectivity index (χ3n) is 4.82. The molecule has 0 aliphatic carbocycles. The van der Waals surface area contributed by atoms with Crippen molar-refractivity contribution in [3.63, 3.8) is 0 Å². The van der Waals surface area contributed by atoms with Crippen molar-refractivity contribution in [2.24, 2.45) is 0 Å². The van der Waals surface area contributed by atoms with E-state index in [-0.39, 0.29) is 0 Å². The average Bonchev–Trinajstić information content (AvgIpc) is 2.73. The Morgan fingerprint density at radius 3 is 0.846 bits per heavy atom. The topological polar surface area (TPSA) is 83.1 Å². The van der Waals surface area contributed by atoms with Crippen molar-refractivity contribution in [2.45, 2.75) is 157 Å². The van der Waals surface area contributed by atoms with Crippen molar-refractivity contribution in [1.29, 1.82) is 0 Å². The highest BCUT2D eigenvalue weighted by Crippen LogP contribution is 2.25. The molecular formula is C29H60O9Si. The fourth-order valence-electron chi connectivity index (χ4n) is 2.46. The SMILES string of the molecule is C=C[Si](OCCC(C)(C)OOC(C)(C)C)(OCCC(C)(C)OOC(C)(C)C)OCCC(C)(C)OOC(C)(C)C. The first-order chi connectivity index (χ1) is 17.3. The largest absolute Gasteiger partial charge is 0.529 e. The Morgan fingerprint density at radius 1 is 0.436 bits per heavy atom. The van der Waals surface area contributed by atoms with E-state index in [2.05, 4.69) is 6.58 Å². The van der Waals surface area contributed by atoms with E-state index in [1.165, 1.54) is 0 Å². The molecule has 234 valence electrons. The van der Waals surface area contributed by atoms with Crippen molar-refractivity contribution in [2.75, 3.05) is 19.8 Å². The van der Waals surface area contributed by atoms with Gasteiger partial charge in [-0.1, -0.05) is 6.58 Å². The van der Waals surface area contributed by atoms with Crippen LogP contribution >= 0.6 is 0 Å². The Morgan fingerprint density at radius 2 is 0.667 bits per heavy atom. The van der Waals surface area contributed by atoms with Gasteiger partial charge in [-0.25, -0.2) is 29.3 Å². The van der Waals surface area contributed by atoms with Crippen LogP contribution in [0.4, 0.5) is 0 Å². The molecule has 0 rings (SSSR count). The van der Waals surface area contributed by atoms with Gasteiger partial charge in [0, 0.05) is 39.1 Å². The van der Waals surface area contributed by atoms with Gasteiger partial charge in [0.05, 0.1) is 16.8 Å². The Kier molecular flexibility index (Phi) is 15.0. The molecule has 0 atom stereocenters. The molecule has 0 aromatic heterocycles. The summed E-state index contributed by atoms with van der Waals surface area (Å²) < 4.78 is 18.9. The van der Waals surface area contributed by atoms with Crippen LogP contribution in [-0.2, 0) is 42.6 Å². The molecule has 0 heterocycles. The standard InChI is InChI=1S/C29H60O9Si/c1-17-39(30-21-18-27(11,12)36-33-24(2,3)4,31-22-19-28(13,14)37-34-25(5,6)7)32-23-20-29(15,16)38-35-26(8,9)10/h17H,1,18-23H2,2-16H3. The Hall–Kier alpha value is -0.403. The van der Waals surface area contributed by atoms with E-state index in [0.717, 1.165) is 0 Å². The molecule has 0 aromatic carbocycles. The van der Waals surface area contributed by atoms with Gasteiger partial charge in [-0.3, -0.25) is 0 Å². The minimum absolute atomic E-state index is 0.332. The summed E-state index contributed by atoms with van der Waals surface area (Å²) in [6.45, 7) is 34.1. The maximum atomic E-state index is 6.30. The number of hydrogen-bond acceptors (Lipinski definition) is 9. The van der Waals surface area contributed by atoms with E-state index in [9.17, 15) is 0 Å². The molecule has 39 heavy (non-hydrogen) atoms. The summed E-state index contributed by atoms with van der Waals surface area (Å²) in [4.78, 5) is 33.6. The molecule has 0 spiro atoms. The first-order valence-electron chi connectivity index (χ1n) is 14.0. The van der Waals surface area contributed by atoms with Crippen LogP contribution in [0, 0.1) is 0 Å².